The van der Waals surface area contributed by atoms with E-state index in [0.717, 1.165) is 50.9 Å². The predicted molar refractivity (Wildman–Crippen MR) is 183 cm³/mol. The second-order valence-corrected chi connectivity index (χ2v) is 13.9. The molecule has 0 bridgehead atoms. The highest BCUT2D eigenvalue weighted by molar-refractivity contribution is 5.91. The molecule has 1 aliphatic carbocycles. The molecule has 1 heterocycles. The zero-order valence-corrected chi connectivity index (χ0v) is 28.7. The van der Waals surface area contributed by atoms with Crippen LogP contribution in [0.2, 0.25) is 0 Å². The van der Waals surface area contributed by atoms with Crippen LogP contribution in [-0.4, -0.2) is 108 Å². The predicted octanol–water partition coefficient (Wildman–Crippen LogP) is 2.76. The number of morpholine rings is 1. The van der Waals surface area contributed by atoms with E-state index in [2.05, 4.69) is 21.5 Å². The molecule has 0 spiro atoms. The number of benzene rings is 1. The van der Waals surface area contributed by atoms with Crippen molar-refractivity contribution < 1.29 is 29.3 Å². The van der Waals surface area contributed by atoms with Gasteiger partial charge in [-0.1, -0.05) is 76.3 Å². The number of aliphatic hydroxyl groups excluding tert-OH is 2. The third kappa shape index (κ3) is 13.6. The molecule has 1 saturated carbocycles. The third-order valence-corrected chi connectivity index (χ3v) is 9.51. The molecule has 2 fully saturated rings. The van der Waals surface area contributed by atoms with Gasteiger partial charge in [0.1, 0.15) is 12.1 Å². The number of nitrogens with zero attached hydrogens (tertiary/aromatic N) is 2. The van der Waals surface area contributed by atoms with E-state index in [0.29, 0.717) is 44.9 Å². The molecule has 1 aliphatic heterocycles. The van der Waals surface area contributed by atoms with E-state index in [-0.39, 0.29) is 24.7 Å². The lowest BCUT2D eigenvalue weighted by Gasteiger charge is -2.33. The van der Waals surface area contributed by atoms with E-state index >= 15 is 0 Å². The first-order valence-electron chi connectivity index (χ1n) is 17.6. The van der Waals surface area contributed by atoms with Gasteiger partial charge in [0.25, 0.3) is 0 Å². The maximum Gasteiger partial charge on any atom is 0.243 e. The molecule has 10 nitrogen and oxygen atoms in total. The van der Waals surface area contributed by atoms with Gasteiger partial charge in [-0.15, -0.1) is 12.3 Å². The fourth-order valence-electron chi connectivity index (χ4n) is 6.62. The van der Waals surface area contributed by atoms with Gasteiger partial charge >= 0.3 is 0 Å². The van der Waals surface area contributed by atoms with E-state index < -0.39 is 42.0 Å². The summed E-state index contributed by atoms with van der Waals surface area (Å²) in [5.74, 6) is 1.21. The molecular formula is C37H58N4O6. The number of ether oxygens (including phenoxy) is 1. The monoisotopic (exact) mass is 654 g/mol. The molecule has 262 valence electrons. The first kappa shape index (κ1) is 38.5. The Morgan fingerprint density at radius 1 is 1.04 bits per heavy atom. The number of carbonyl (C=O) groups excluding carboxylic acids is 3. The molecule has 0 aromatic heterocycles. The normalized spacial score (nSPS) is 19.2. The molecule has 0 unspecified atom stereocenters. The van der Waals surface area contributed by atoms with Crippen LogP contribution in [0.15, 0.2) is 30.3 Å². The summed E-state index contributed by atoms with van der Waals surface area (Å²) in [6, 6.07) is 7.77. The Hall–Kier alpha value is -2.97. The van der Waals surface area contributed by atoms with Gasteiger partial charge < -0.3 is 30.5 Å². The Labute approximate surface area is 282 Å². The molecule has 10 heteroatoms. The number of amides is 3. The molecule has 1 saturated heterocycles. The Balaban J connectivity index is 1.71. The van der Waals surface area contributed by atoms with Crippen molar-refractivity contribution in [2.45, 2.75) is 102 Å². The maximum atomic E-state index is 13.8. The summed E-state index contributed by atoms with van der Waals surface area (Å²) in [7, 11) is 1.75. The molecule has 47 heavy (non-hydrogen) atoms. The molecule has 5 atom stereocenters. The standard InChI is InChI=1S/C37H58N4O6/c1-5-12-31(37(46)39-32(25-29-15-10-7-11-16-29)35(44)33(42)23-27(2)3)38-36(45)30(24-28-13-8-6-9-14-28)26-34(43)40(4)17-18-41-19-21-47-22-20-41/h1,6,8-9,13-14,27,29-33,35,42,44H,7,10-12,15-26H2,2-4H3,(H,38,45)(H,39,46)/t30-,31+,32+,33+,35-/m1/s1. The smallest absolute Gasteiger partial charge is 0.243 e. The van der Waals surface area contributed by atoms with Gasteiger partial charge in [0.15, 0.2) is 0 Å². The van der Waals surface area contributed by atoms with Gasteiger partial charge in [0.2, 0.25) is 17.7 Å². The van der Waals surface area contributed by atoms with Crippen molar-refractivity contribution in [1.82, 2.24) is 20.4 Å². The quantitative estimate of drug-likeness (QED) is 0.179. The first-order valence-corrected chi connectivity index (χ1v) is 17.6. The topological polar surface area (TPSA) is 131 Å². The Bertz CT molecular complexity index is 1130. The summed E-state index contributed by atoms with van der Waals surface area (Å²) >= 11 is 0. The highest BCUT2D eigenvalue weighted by Crippen LogP contribution is 2.29. The molecule has 2 aliphatic rings. The van der Waals surface area contributed by atoms with Crippen molar-refractivity contribution in [3.63, 3.8) is 0 Å². The van der Waals surface area contributed by atoms with E-state index in [1.165, 1.54) is 6.42 Å². The molecular weight excluding hydrogens is 596 g/mol. The van der Waals surface area contributed by atoms with Crippen molar-refractivity contribution in [3.05, 3.63) is 35.9 Å². The second kappa shape index (κ2) is 20.4. The first-order chi connectivity index (χ1) is 22.6. The second-order valence-electron chi connectivity index (χ2n) is 13.9. The minimum atomic E-state index is -1.15. The van der Waals surface area contributed by atoms with Crippen molar-refractivity contribution in [2.75, 3.05) is 46.4 Å². The zero-order valence-electron chi connectivity index (χ0n) is 28.7. The van der Waals surface area contributed by atoms with E-state index in [1.807, 2.05) is 44.2 Å². The summed E-state index contributed by atoms with van der Waals surface area (Å²) in [6.45, 7) is 8.23. The fraction of sp³-hybridized carbons (Fsp3) is 0.703. The molecule has 0 radical (unpaired) electrons. The number of rotatable bonds is 18. The Kier molecular flexibility index (Phi) is 16.7. The van der Waals surface area contributed by atoms with Crippen LogP contribution in [0.3, 0.4) is 0 Å². The number of nitrogens with one attached hydrogen (secondary N) is 2. The lowest BCUT2D eigenvalue weighted by atomic mass is 9.82. The molecule has 3 amide bonds. The number of aliphatic hydroxyl groups is 2. The average Bonchev–Trinajstić information content (AvgIpc) is 3.07. The van der Waals surface area contributed by atoms with E-state index in [9.17, 15) is 24.6 Å². The number of likely N-dealkylation sites (N-methyl/N-ethyl adjacent to an activating group) is 1. The van der Waals surface area contributed by atoms with Crippen LogP contribution in [0, 0.1) is 30.1 Å². The Morgan fingerprint density at radius 2 is 1.72 bits per heavy atom. The van der Waals surface area contributed by atoms with E-state index in [4.69, 9.17) is 11.2 Å². The van der Waals surface area contributed by atoms with Gasteiger partial charge in [-0.3, -0.25) is 19.3 Å². The van der Waals surface area contributed by atoms with Crippen molar-refractivity contribution >= 4 is 17.7 Å². The summed E-state index contributed by atoms with van der Waals surface area (Å²) < 4.78 is 5.42. The summed E-state index contributed by atoms with van der Waals surface area (Å²) in [4.78, 5) is 44.8. The van der Waals surface area contributed by atoms with Gasteiger partial charge in [-0.05, 0) is 36.7 Å². The average molecular weight is 655 g/mol. The number of terminal acetylenes is 1. The molecule has 1 aromatic rings. The number of hydrogen-bond acceptors (Lipinski definition) is 7. The van der Waals surface area contributed by atoms with Crippen molar-refractivity contribution in [1.29, 1.82) is 0 Å². The summed E-state index contributed by atoms with van der Waals surface area (Å²) in [6.07, 6.45) is 10.1. The van der Waals surface area contributed by atoms with Crippen LogP contribution in [0.1, 0.15) is 77.2 Å². The maximum absolute atomic E-state index is 13.8. The van der Waals surface area contributed by atoms with Crippen LogP contribution in [-0.2, 0) is 25.5 Å². The third-order valence-electron chi connectivity index (χ3n) is 9.51. The summed E-state index contributed by atoms with van der Waals surface area (Å²) in [5.41, 5.74) is 0.907. The minimum absolute atomic E-state index is 0.0187. The van der Waals surface area contributed by atoms with Crippen LogP contribution < -0.4 is 10.6 Å². The Morgan fingerprint density at radius 3 is 2.36 bits per heavy atom. The largest absolute Gasteiger partial charge is 0.390 e. The van der Waals surface area contributed by atoms with Crippen molar-refractivity contribution in [3.8, 4) is 12.3 Å². The zero-order chi connectivity index (χ0) is 34.2. The lowest BCUT2D eigenvalue weighted by molar-refractivity contribution is -0.137. The molecule has 3 rings (SSSR count). The highest BCUT2D eigenvalue weighted by Gasteiger charge is 2.34. The van der Waals surface area contributed by atoms with Crippen LogP contribution in [0.25, 0.3) is 0 Å². The van der Waals surface area contributed by atoms with E-state index in [1.54, 1.807) is 11.9 Å². The SMILES string of the molecule is C#CC[C@H](NC(=O)[C@@H](CC(=O)N(C)CCN1CCOCC1)Cc1ccccc1)C(=O)N[C@@H](CC1CCCCC1)[C@@H](O)[C@@H](O)CC(C)C. The number of carbonyl (C=O) groups is 3. The summed E-state index contributed by atoms with van der Waals surface area (Å²) in [5, 5.41) is 27.8. The minimum Gasteiger partial charge on any atom is -0.390 e. The lowest BCUT2D eigenvalue weighted by Crippen LogP contribution is -2.56. The fourth-order valence-corrected chi connectivity index (χ4v) is 6.62. The van der Waals surface area contributed by atoms with Crippen molar-refractivity contribution in [2.24, 2.45) is 17.8 Å². The van der Waals surface area contributed by atoms with Gasteiger partial charge in [0.05, 0.1) is 31.3 Å². The number of hydrogen-bond donors (Lipinski definition) is 4. The van der Waals surface area contributed by atoms with Gasteiger partial charge in [0, 0.05) is 46.1 Å². The van der Waals surface area contributed by atoms with Gasteiger partial charge in [-0.25, -0.2) is 0 Å². The van der Waals surface area contributed by atoms with Gasteiger partial charge in [-0.2, -0.15) is 0 Å². The van der Waals surface area contributed by atoms with Crippen LogP contribution in [0.5, 0.6) is 0 Å². The van der Waals surface area contributed by atoms with Crippen LogP contribution >= 0.6 is 0 Å². The highest BCUT2D eigenvalue weighted by atomic mass is 16.5. The van der Waals surface area contributed by atoms with Crippen LogP contribution in [0.4, 0.5) is 0 Å². The molecule has 1 aromatic carbocycles. The molecule has 4 N–H and O–H groups in total.